The van der Waals surface area contributed by atoms with E-state index in [9.17, 15) is 9.18 Å². The molecule has 2 N–H and O–H groups in total. The van der Waals surface area contributed by atoms with Gasteiger partial charge >= 0.3 is 0 Å². The number of H-pyrrole nitrogens is 1. The summed E-state index contributed by atoms with van der Waals surface area (Å²) in [6.45, 7) is 4.74. The third-order valence-electron chi connectivity index (χ3n) is 4.85. The zero-order valence-corrected chi connectivity index (χ0v) is 14.3. The van der Waals surface area contributed by atoms with Crippen LogP contribution in [-0.2, 0) is 11.2 Å². The number of aromatic nitrogens is 1. The maximum atomic E-state index is 13.4. The molecule has 0 spiro atoms. The fraction of sp³-hybridized carbons (Fsp3) is 0.526. The molecule has 3 rings (SSSR count). The summed E-state index contributed by atoms with van der Waals surface area (Å²) in [4.78, 5) is 18.0. The highest BCUT2D eigenvalue weighted by molar-refractivity contribution is 5.84. The SMILES string of the molecule is CCCN1CCCCC1C(=O)NCCc1c[nH]c2ccc(F)cc12. The predicted molar refractivity (Wildman–Crippen MR) is 94.5 cm³/mol. The Morgan fingerprint density at radius 3 is 3.12 bits per heavy atom. The van der Waals surface area contributed by atoms with Crippen molar-refractivity contribution in [2.75, 3.05) is 19.6 Å². The first kappa shape index (κ1) is 17.0. The average Bonchev–Trinajstić information content (AvgIpc) is 2.98. The van der Waals surface area contributed by atoms with E-state index in [-0.39, 0.29) is 17.8 Å². The van der Waals surface area contributed by atoms with Gasteiger partial charge in [0.25, 0.3) is 0 Å². The van der Waals surface area contributed by atoms with Gasteiger partial charge in [0.1, 0.15) is 5.82 Å². The lowest BCUT2D eigenvalue weighted by molar-refractivity contribution is -0.127. The van der Waals surface area contributed by atoms with Crippen LogP contribution >= 0.6 is 0 Å². The largest absolute Gasteiger partial charge is 0.361 e. The van der Waals surface area contributed by atoms with Gasteiger partial charge in [-0.1, -0.05) is 13.3 Å². The summed E-state index contributed by atoms with van der Waals surface area (Å²) in [7, 11) is 0. The summed E-state index contributed by atoms with van der Waals surface area (Å²) in [5, 5.41) is 3.97. The molecule has 1 aliphatic rings. The van der Waals surface area contributed by atoms with Crippen LogP contribution in [0.15, 0.2) is 24.4 Å². The van der Waals surface area contributed by atoms with Crippen LogP contribution in [0.2, 0.25) is 0 Å². The van der Waals surface area contributed by atoms with E-state index in [4.69, 9.17) is 0 Å². The van der Waals surface area contributed by atoms with Crippen LogP contribution in [0.4, 0.5) is 4.39 Å². The van der Waals surface area contributed by atoms with Crippen LogP contribution < -0.4 is 5.32 Å². The molecule has 5 heteroatoms. The topological polar surface area (TPSA) is 48.1 Å². The maximum Gasteiger partial charge on any atom is 0.237 e. The number of piperidine rings is 1. The van der Waals surface area contributed by atoms with Crippen molar-refractivity contribution in [2.45, 2.75) is 45.1 Å². The minimum Gasteiger partial charge on any atom is -0.361 e. The number of aromatic amines is 1. The number of nitrogens with zero attached hydrogens (tertiary/aromatic N) is 1. The van der Waals surface area contributed by atoms with Crippen molar-refractivity contribution in [3.8, 4) is 0 Å². The molecule has 1 atom stereocenters. The molecule has 1 aliphatic heterocycles. The minimum atomic E-state index is -0.232. The van der Waals surface area contributed by atoms with E-state index in [0.717, 1.165) is 48.8 Å². The molecule has 1 unspecified atom stereocenters. The Balaban J connectivity index is 1.56. The maximum absolute atomic E-state index is 13.4. The number of benzene rings is 1. The lowest BCUT2D eigenvalue weighted by Crippen LogP contribution is -2.50. The van der Waals surface area contributed by atoms with Crippen LogP contribution in [0.5, 0.6) is 0 Å². The zero-order valence-electron chi connectivity index (χ0n) is 14.3. The van der Waals surface area contributed by atoms with Crippen LogP contribution in [0, 0.1) is 5.82 Å². The number of likely N-dealkylation sites (tertiary alicyclic amines) is 1. The van der Waals surface area contributed by atoms with E-state index in [2.05, 4.69) is 22.1 Å². The van der Waals surface area contributed by atoms with Crippen molar-refractivity contribution in [2.24, 2.45) is 0 Å². The molecular formula is C19H26FN3O. The Bertz CT molecular complexity index is 695. The quantitative estimate of drug-likeness (QED) is 0.854. The molecule has 0 radical (unpaired) electrons. The number of amides is 1. The molecule has 1 aromatic carbocycles. The Labute approximate surface area is 142 Å². The van der Waals surface area contributed by atoms with Crippen LogP contribution in [-0.4, -0.2) is 41.5 Å². The predicted octanol–water partition coefficient (Wildman–Crippen LogP) is 3.23. The minimum absolute atomic E-state index is 0.0131. The lowest BCUT2D eigenvalue weighted by Gasteiger charge is -2.34. The molecule has 0 bridgehead atoms. The van der Waals surface area contributed by atoms with E-state index in [1.165, 1.54) is 12.5 Å². The van der Waals surface area contributed by atoms with Gasteiger partial charge in [0.05, 0.1) is 6.04 Å². The third-order valence-corrected chi connectivity index (χ3v) is 4.85. The van der Waals surface area contributed by atoms with Gasteiger partial charge < -0.3 is 10.3 Å². The second-order valence-corrected chi connectivity index (χ2v) is 6.59. The number of hydrogen-bond donors (Lipinski definition) is 2. The van der Waals surface area contributed by atoms with Crippen molar-refractivity contribution < 1.29 is 9.18 Å². The Hall–Kier alpha value is -1.88. The van der Waals surface area contributed by atoms with Crippen molar-refractivity contribution in [3.05, 3.63) is 35.8 Å². The number of fused-ring (bicyclic) bond motifs is 1. The first-order valence-electron chi connectivity index (χ1n) is 8.96. The van der Waals surface area contributed by atoms with Crippen molar-refractivity contribution >= 4 is 16.8 Å². The molecular weight excluding hydrogens is 305 g/mol. The van der Waals surface area contributed by atoms with Crippen LogP contribution in [0.1, 0.15) is 38.2 Å². The highest BCUT2D eigenvalue weighted by Gasteiger charge is 2.27. The summed E-state index contributed by atoms with van der Waals surface area (Å²) < 4.78 is 13.4. The molecule has 24 heavy (non-hydrogen) atoms. The van der Waals surface area contributed by atoms with Gasteiger partial charge in [-0.3, -0.25) is 9.69 Å². The van der Waals surface area contributed by atoms with Gasteiger partial charge in [0, 0.05) is 23.6 Å². The summed E-state index contributed by atoms with van der Waals surface area (Å²) >= 11 is 0. The highest BCUT2D eigenvalue weighted by atomic mass is 19.1. The van der Waals surface area contributed by atoms with Crippen LogP contribution in [0.3, 0.4) is 0 Å². The summed E-state index contributed by atoms with van der Waals surface area (Å²) in [6.07, 6.45) is 6.94. The molecule has 2 aromatic rings. The molecule has 0 saturated carbocycles. The molecule has 1 aromatic heterocycles. The first-order chi connectivity index (χ1) is 11.7. The van der Waals surface area contributed by atoms with Gasteiger partial charge in [-0.15, -0.1) is 0 Å². The number of nitrogens with one attached hydrogen (secondary N) is 2. The van der Waals surface area contributed by atoms with Gasteiger partial charge in [-0.25, -0.2) is 4.39 Å². The Kier molecular flexibility index (Phi) is 5.51. The molecule has 0 aliphatic carbocycles. The smallest absolute Gasteiger partial charge is 0.237 e. The summed E-state index contributed by atoms with van der Waals surface area (Å²) in [5.41, 5.74) is 1.97. The molecule has 1 fully saturated rings. The van der Waals surface area contributed by atoms with Crippen molar-refractivity contribution in [3.63, 3.8) is 0 Å². The number of halogens is 1. The number of carbonyl (C=O) groups is 1. The van der Waals surface area contributed by atoms with Crippen LogP contribution in [0.25, 0.3) is 10.9 Å². The fourth-order valence-electron chi connectivity index (χ4n) is 3.64. The standard InChI is InChI=1S/C19H26FN3O/c1-2-10-23-11-4-3-5-18(23)19(24)21-9-8-14-13-22-17-7-6-15(20)12-16(14)17/h6-7,12-13,18,22H,2-5,8-11H2,1H3,(H,21,24). The fourth-order valence-corrected chi connectivity index (χ4v) is 3.64. The van der Waals surface area contributed by atoms with E-state index in [1.54, 1.807) is 12.1 Å². The van der Waals surface area contributed by atoms with Gasteiger partial charge in [-0.2, -0.15) is 0 Å². The van der Waals surface area contributed by atoms with Gasteiger partial charge in [0.2, 0.25) is 5.91 Å². The van der Waals surface area contributed by atoms with E-state index in [0.29, 0.717) is 13.0 Å². The summed E-state index contributed by atoms with van der Waals surface area (Å²) in [6, 6.07) is 4.76. The van der Waals surface area contributed by atoms with Gasteiger partial charge in [0.15, 0.2) is 0 Å². The van der Waals surface area contributed by atoms with E-state index in [1.807, 2.05) is 6.20 Å². The van der Waals surface area contributed by atoms with E-state index >= 15 is 0 Å². The van der Waals surface area contributed by atoms with E-state index < -0.39 is 0 Å². The number of carbonyl (C=O) groups excluding carboxylic acids is 1. The highest BCUT2D eigenvalue weighted by Crippen LogP contribution is 2.20. The normalized spacial score (nSPS) is 18.8. The monoisotopic (exact) mass is 331 g/mol. The summed E-state index contributed by atoms with van der Waals surface area (Å²) in [5.74, 6) is -0.0982. The lowest BCUT2D eigenvalue weighted by atomic mass is 10.0. The third kappa shape index (κ3) is 3.78. The molecule has 130 valence electrons. The molecule has 1 amide bonds. The first-order valence-corrected chi connectivity index (χ1v) is 8.96. The molecule has 2 heterocycles. The molecule has 4 nitrogen and oxygen atoms in total. The second-order valence-electron chi connectivity index (χ2n) is 6.59. The van der Waals surface area contributed by atoms with Crippen molar-refractivity contribution in [1.29, 1.82) is 0 Å². The second kappa shape index (κ2) is 7.79. The Morgan fingerprint density at radius 2 is 2.29 bits per heavy atom. The van der Waals surface area contributed by atoms with Gasteiger partial charge in [-0.05, 0) is 62.5 Å². The molecule has 1 saturated heterocycles. The zero-order chi connectivity index (χ0) is 16.9. The Morgan fingerprint density at radius 1 is 1.42 bits per heavy atom. The number of rotatable bonds is 6. The average molecular weight is 331 g/mol. The number of hydrogen-bond acceptors (Lipinski definition) is 2. The van der Waals surface area contributed by atoms with Crippen molar-refractivity contribution in [1.82, 2.24) is 15.2 Å².